The molecule has 0 unspecified atom stereocenters. The minimum atomic E-state index is -0.202. The van der Waals surface area contributed by atoms with Crippen LogP contribution in [0.15, 0.2) is 23.8 Å². The van der Waals surface area contributed by atoms with Gasteiger partial charge < -0.3 is 10.1 Å². The Balaban J connectivity index is 1.66. The Labute approximate surface area is 121 Å². The smallest absolute Gasteiger partial charge is 0.305 e. The highest BCUT2D eigenvalue weighted by atomic mass is 32.1. The fourth-order valence-electron chi connectivity index (χ4n) is 1.70. The molecule has 20 heavy (non-hydrogen) atoms. The molecule has 0 saturated carbocycles. The van der Waals surface area contributed by atoms with Crippen LogP contribution in [0.3, 0.4) is 0 Å². The highest BCUT2D eigenvalue weighted by Gasteiger charge is 2.05. The van der Waals surface area contributed by atoms with Gasteiger partial charge in [-0.3, -0.25) is 9.48 Å². The molecule has 0 aliphatic carbocycles. The molecule has 0 aliphatic rings. The number of nitrogens with zero attached hydrogens (tertiary/aromatic N) is 3. The summed E-state index contributed by atoms with van der Waals surface area (Å²) in [4.78, 5) is 15.5. The van der Waals surface area contributed by atoms with Gasteiger partial charge in [0.1, 0.15) is 0 Å². The number of rotatable bonds is 8. The van der Waals surface area contributed by atoms with E-state index in [9.17, 15) is 4.79 Å². The minimum absolute atomic E-state index is 0.202. The molecule has 0 spiro atoms. The average molecular weight is 294 g/mol. The molecule has 2 heterocycles. The summed E-state index contributed by atoms with van der Waals surface area (Å²) in [6.45, 7) is 1.74. The van der Waals surface area contributed by atoms with Crippen LogP contribution in [0.1, 0.15) is 18.5 Å². The first-order valence-electron chi connectivity index (χ1n) is 6.50. The average Bonchev–Trinajstić information content (AvgIpc) is 3.12. The first kappa shape index (κ1) is 14.5. The third-order valence-electron chi connectivity index (χ3n) is 2.76. The number of nitrogens with one attached hydrogen (secondary N) is 1. The number of aryl methyl sites for hydroxylation is 2. The molecule has 0 aliphatic heterocycles. The number of carbonyl (C=O) groups excluding carboxylic acids is 1. The maximum Gasteiger partial charge on any atom is 0.305 e. The number of hydrogen-bond acceptors (Lipinski definition) is 6. The van der Waals surface area contributed by atoms with E-state index >= 15 is 0 Å². The molecule has 108 valence electrons. The summed E-state index contributed by atoms with van der Waals surface area (Å²) in [6.07, 6.45) is 5.71. The Morgan fingerprint density at radius 1 is 1.55 bits per heavy atom. The van der Waals surface area contributed by atoms with Crippen molar-refractivity contribution in [3.05, 3.63) is 29.5 Å². The lowest BCUT2D eigenvalue weighted by atomic mass is 10.2. The number of carbonyl (C=O) groups is 1. The van der Waals surface area contributed by atoms with Crippen molar-refractivity contribution in [1.29, 1.82) is 0 Å². The summed E-state index contributed by atoms with van der Waals surface area (Å²) in [5.74, 6) is -0.202. The van der Waals surface area contributed by atoms with Gasteiger partial charge in [0.15, 0.2) is 5.13 Å². The van der Waals surface area contributed by atoms with Crippen molar-refractivity contribution in [3.63, 3.8) is 0 Å². The monoisotopic (exact) mass is 294 g/mol. The zero-order valence-corrected chi connectivity index (χ0v) is 12.2. The maximum absolute atomic E-state index is 11.0. The highest BCUT2D eigenvalue weighted by Crippen LogP contribution is 2.16. The van der Waals surface area contributed by atoms with E-state index in [2.05, 4.69) is 20.1 Å². The van der Waals surface area contributed by atoms with Crippen LogP contribution >= 0.6 is 11.3 Å². The van der Waals surface area contributed by atoms with Gasteiger partial charge in [0.2, 0.25) is 0 Å². The summed E-state index contributed by atoms with van der Waals surface area (Å²) in [6, 6.07) is 1.92. The third kappa shape index (κ3) is 4.65. The van der Waals surface area contributed by atoms with Crippen LogP contribution < -0.4 is 5.32 Å². The molecule has 0 saturated heterocycles. The van der Waals surface area contributed by atoms with Gasteiger partial charge in [-0.1, -0.05) is 0 Å². The fourth-order valence-corrected chi connectivity index (χ4v) is 2.48. The van der Waals surface area contributed by atoms with Gasteiger partial charge in [-0.15, -0.1) is 11.3 Å². The summed E-state index contributed by atoms with van der Waals surface area (Å²) in [5.41, 5.74) is 0.926. The van der Waals surface area contributed by atoms with Gasteiger partial charge in [-0.05, 0) is 12.5 Å². The quantitative estimate of drug-likeness (QED) is 0.595. The SMILES string of the molecule is COC(=O)CCc1csc(NCCCn2cccn2)n1. The van der Waals surface area contributed by atoms with Crippen molar-refractivity contribution in [1.82, 2.24) is 14.8 Å². The zero-order chi connectivity index (χ0) is 14.2. The van der Waals surface area contributed by atoms with Crippen molar-refractivity contribution in [2.24, 2.45) is 0 Å². The van der Waals surface area contributed by atoms with Gasteiger partial charge in [-0.2, -0.15) is 5.10 Å². The van der Waals surface area contributed by atoms with E-state index in [1.807, 2.05) is 22.3 Å². The van der Waals surface area contributed by atoms with E-state index in [0.717, 1.165) is 30.3 Å². The summed E-state index contributed by atoms with van der Waals surface area (Å²) >= 11 is 1.56. The zero-order valence-electron chi connectivity index (χ0n) is 11.4. The van der Waals surface area contributed by atoms with E-state index < -0.39 is 0 Å². The second-order valence-electron chi connectivity index (χ2n) is 4.27. The molecule has 2 aromatic heterocycles. The first-order valence-corrected chi connectivity index (χ1v) is 7.38. The van der Waals surface area contributed by atoms with Gasteiger partial charge >= 0.3 is 5.97 Å². The van der Waals surface area contributed by atoms with Crippen molar-refractivity contribution < 1.29 is 9.53 Å². The number of methoxy groups -OCH3 is 1. The van der Waals surface area contributed by atoms with Crippen LogP contribution in [-0.2, 0) is 22.5 Å². The number of anilines is 1. The normalized spacial score (nSPS) is 10.4. The van der Waals surface area contributed by atoms with Crippen molar-refractivity contribution in [2.75, 3.05) is 19.0 Å². The van der Waals surface area contributed by atoms with Crippen LogP contribution in [0, 0.1) is 0 Å². The van der Waals surface area contributed by atoms with Crippen molar-refractivity contribution in [3.8, 4) is 0 Å². The molecule has 0 atom stereocenters. The molecule has 0 radical (unpaired) electrons. The molecule has 7 heteroatoms. The maximum atomic E-state index is 11.0. The number of thiazole rings is 1. The Morgan fingerprint density at radius 2 is 2.45 bits per heavy atom. The van der Waals surface area contributed by atoms with Gasteiger partial charge in [0, 0.05) is 37.3 Å². The molecular weight excluding hydrogens is 276 g/mol. The minimum Gasteiger partial charge on any atom is -0.469 e. The standard InChI is InChI=1S/C13H18N4O2S/c1-19-12(18)5-4-11-10-20-13(16-11)14-6-2-8-17-9-3-7-15-17/h3,7,9-10H,2,4-6,8H2,1H3,(H,14,16). The molecule has 0 fully saturated rings. The Bertz CT molecular complexity index is 524. The molecular formula is C13H18N4O2S. The van der Waals surface area contributed by atoms with Gasteiger partial charge in [0.25, 0.3) is 0 Å². The van der Waals surface area contributed by atoms with Crippen LogP contribution in [-0.4, -0.2) is 34.4 Å². The second kappa shape index (κ2) is 7.64. The van der Waals surface area contributed by atoms with E-state index in [1.165, 1.54) is 7.11 Å². The summed E-state index contributed by atoms with van der Waals surface area (Å²) < 4.78 is 6.51. The van der Waals surface area contributed by atoms with Crippen LogP contribution in [0.5, 0.6) is 0 Å². The molecule has 1 N–H and O–H groups in total. The lowest BCUT2D eigenvalue weighted by Gasteiger charge is -2.03. The predicted octanol–water partition coefficient (Wildman–Crippen LogP) is 1.95. The van der Waals surface area contributed by atoms with Crippen LogP contribution in [0.25, 0.3) is 0 Å². The lowest BCUT2D eigenvalue weighted by Crippen LogP contribution is -2.07. The Hall–Kier alpha value is -1.89. The fraction of sp³-hybridized carbons (Fsp3) is 0.462. The van der Waals surface area contributed by atoms with E-state index in [1.54, 1.807) is 17.5 Å². The van der Waals surface area contributed by atoms with Gasteiger partial charge in [0.05, 0.1) is 19.2 Å². The first-order chi connectivity index (χ1) is 9.78. The number of hydrogen-bond donors (Lipinski definition) is 1. The van der Waals surface area contributed by atoms with E-state index in [-0.39, 0.29) is 5.97 Å². The third-order valence-corrected chi connectivity index (χ3v) is 3.61. The van der Waals surface area contributed by atoms with Crippen molar-refractivity contribution in [2.45, 2.75) is 25.8 Å². The molecule has 2 aromatic rings. The van der Waals surface area contributed by atoms with E-state index in [4.69, 9.17) is 0 Å². The topological polar surface area (TPSA) is 69.0 Å². The molecule has 0 bridgehead atoms. The predicted molar refractivity (Wildman–Crippen MR) is 77.8 cm³/mol. The second-order valence-corrected chi connectivity index (χ2v) is 5.13. The van der Waals surface area contributed by atoms with Crippen LogP contribution in [0.2, 0.25) is 0 Å². The molecule has 2 rings (SSSR count). The summed E-state index contributed by atoms with van der Waals surface area (Å²) in [5, 5.41) is 10.3. The number of esters is 1. The Morgan fingerprint density at radius 3 is 3.20 bits per heavy atom. The number of ether oxygens (including phenoxy) is 1. The Kier molecular flexibility index (Phi) is 5.55. The molecule has 0 aromatic carbocycles. The van der Waals surface area contributed by atoms with Gasteiger partial charge in [-0.25, -0.2) is 4.98 Å². The van der Waals surface area contributed by atoms with Crippen molar-refractivity contribution >= 4 is 22.4 Å². The number of aromatic nitrogens is 3. The molecule has 6 nitrogen and oxygen atoms in total. The summed E-state index contributed by atoms with van der Waals surface area (Å²) in [7, 11) is 1.40. The van der Waals surface area contributed by atoms with E-state index in [0.29, 0.717) is 12.8 Å². The largest absolute Gasteiger partial charge is 0.469 e. The highest BCUT2D eigenvalue weighted by molar-refractivity contribution is 7.13. The van der Waals surface area contributed by atoms with Crippen LogP contribution in [0.4, 0.5) is 5.13 Å². The molecule has 0 amide bonds. The lowest BCUT2D eigenvalue weighted by molar-refractivity contribution is -0.140.